The van der Waals surface area contributed by atoms with Gasteiger partial charge in [0.25, 0.3) is 0 Å². The van der Waals surface area contributed by atoms with Gasteiger partial charge in [0.05, 0.1) is 18.4 Å². The minimum Gasteiger partial charge on any atom is -0.465 e. The fraction of sp³-hybridized carbons (Fsp3) is 0.308. The number of rotatable bonds is 2. The van der Waals surface area contributed by atoms with Crippen LogP contribution in [0.15, 0.2) is 24.3 Å². The van der Waals surface area contributed by atoms with Crippen LogP contribution in [0.4, 0.5) is 15.3 Å². The minimum absolute atomic E-state index is 0.239. The molecule has 20 heavy (non-hydrogen) atoms. The zero-order valence-electron chi connectivity index (χ0n) is 11.3. The Bertz CT molecular complexity index is 558. The van der Waals surface area contributed by atoms with E-state index >= 15 is 0 Å². The maximum absolute atomic E-state index is 12.0. The normalized spacial score (nSPS) is 14.4. The van der Waals surface area contributed by atoms with Gasteiger partial charge in [-0.2, -0.15) is 0 Å². The predicted octanol–water partition coefficient (Wildman–Crippen LogP) is 1.37. The lowest BCUT2D eigenvalue weighted by Crippen LogP contribution is -2.38. The number of likely N-dealkylation sites (N-methyl/N-ethyl adjacent to an activating group) is 1. The van der Waals surface area contributed by atoms with E-state index < -0.39 is 12.0 Å². The van der Waals surface area contributed by atoms with Gasteiger partial charge in [0, 0.05) is 20.1 Å². The molecule has 1 aliphatic heterocycles. The van der Waals surface area contributed by atoms with Crippen LogP contribution in [0.5, 0.6) is 0 Å². The monoisotopic (exact) mass is 277 g/mol. The highest BCUT2D eigenvalue weighted by atomic mass is 16.5. The van der Waals surface area contributed by atoms with Crippen molar-refractivity contribution in [3.63, 3.8) is 0 Å². The van der Waals surface area contributed by atoms with Crippen LogP contribution in [-0.4, -0.2) is 55.1 Å². The quantitative estimate of drug-likeness (QED) is 0.828. The summed E-state index contributed by atoms with van der Waals surface area (Å²) in [6.45, 7) is 0.812. The van der Waals surface area contributed by atoms with Gasteiger partial charge in [0.1, 0.15) is 0 Å². The Kier molecular flexibility index (Phi) is 3.88. The average molecular weight is 277 g/mol. The van der Waals surface area contributed by atoms with Gasteiger partial charge in [-0.25, -0.2) is 19.3 Å². The van der Waals surface area contributed by atoms with E-state index in [1.54, 1.807) is 31.3 Å². The first-order valence-electron chi connectivity index (χ1n) is 6.05. The van der Waals surface area contributed by atoms with E-state index in [0.29, 0.717) is 18.8 Å². The lowest BCUT2D eigenvalue weighted by molar-refractivity contribution is 0.0602. The van der Waals surface area contributed by atoms with Crippen molar-refractivity contribution < 1.29 is 19.1 Å². The maximum atomic E-state index is 12.0. The number of nitrogens with zero attached hydrogens (tertiary/aromatic N) is 2. The molecule has 7 nitrogen and oxygen atoms in total. The minimum atomic E-state index is -0.560. The number of amides is 4. The van der Waals surface area contributed by atoms with Crippen molar-refractivity contribution in [2.24, 2.45) is 0 Å². The molecule has 1 aromatic rings. The molecule has 1 aliphatic rings. The number of carbonyl (C=O) groups is 3. The number of esters is 1. The summed E-state index contributed by atoms with van der Waals surface area (Å²) in [5, 5.41) is 2.56. The molecule has 4 amide bonds. The largest absolute Gasteiger partial charge is 0.465 e. The maximum Gasteiger partial charge on any atom is 0.339 e. The Hall–Kier alpha value is -2.57. The second-order valence-electron chi connectivity index (χ2n) is 4.32. The SMILES string of the molecule is COC(=O)c1ccccc1NC(=O)N1CCN(C)C1=O. The van der Waals surface area contributed by atoms with Crippen LogP contribution in [0.2, 0.25) is 0 Å². The van der Waals surface area contributed by atoms with Crippen LogP contribution in [0.3, 0.4) is 0 Å². The molecule has 2 rings (SSSR count). The molecule has 0 radical (unpaired) electrons. The molecule has 1 heterocycles. The summed E-state index contributed by atoms with van der Waals surface area (Å²) in [4.78, 5) is 37.9. The molecular weight excluding hydrogens is 262 g/mol. The molecular formula is C13H15N3O4. The fourth-order valence-electron chi connectivity index (χ4n) is 1.90. The van der Waals surface area contributed by atoms with Gasteiger partial charge in [-0.05, 0) is 12.1 Å². The van der Waals surface area contributed by atoms with E-state index in [-0.39, 0.29) is 11.6 Å². The Morgan fingerprint density at radius 1 is 1.25 bits per heavy atom. The van der Waals surface area contributed by atoms with E-state index in [4.69, 9.17) is 0 Å². The van der Waals surface area contributed by atoms with Gasteiger partial charge in [0.2, 0.25) is 0 Å². The number of carbonyl (C=O) groups excluding carboxylic acids is 3. The first-order valence-corrected chi connectivity index (χ1v) is 6.05. The molecule has 0 aliphatic carbocycles. The second kappa shape index (κ2) is 5.60. The van der Waals surface area contributed by atoms with E-state index in [2.05, 4.69) is 10.1 Å². The average Bonchev–Trinajstić information content (AvgIpc) is 2.79. The number of imide groups is 1. The Morgan fingerprint density at radius 3 is 2.55 bits per heavy atom. The van der Waals surface area contributed by atoms with Crippen molar-refractivity contribution in [3.05, 3.63) is 29.8 Å². The predicted molar refractivity (Wildman–Crippen MR) is 71.5 cm³/mol. The van der Waals surface area contributed by atoms with Gasteiger partial charge < -0.3 is 15.0 Å². The summed E-state index contributed by atoms with van der Waals surface area (Å²) < 4.78 is 4.64. The van der Waals surface area contributed by atoms with Crippen LogP contribution in [0, 0.1) is 0 Å². The summed E-state index contributed by atoms with van der Waals surface area (Å²) in [6, 6.07) is 5.54. The molecule has 1 aromatic carbocycles. The van der Waals surface area contributed by atoms with Crippen molar-refractivity contribution in [2.75, 3.05) is 32.6 Å². The molecule has 0 aromatic heterocycles. The van der Waals surface area contributed by atoms with E-state index in [0.717, 1.165) is 4.90 Å². The number of methoxy groups -OCH3 is 1. The van der Waals surface area contributed by atoms with Crippen LogP contribution in [0.25, 0.3) is 0 Å². The smallest absolute Gasteiger partial charge is 0.339 e. The molecule has 0 unspecified atom stereocenters. The number of anilines is 1. The first kappa shape index (κ1) is 13.9. The molecule has 0 bridgehead atoms. The molecule has 0 atom stereocenters. The molecule has 7 heteroatoms. The summed E-state index contributed by atoms with van der Waals surface area (Å²) in [5.41, 5.74) is 0.551. The third kappa shape index (κ3) is 2.56. The summed E-state index contributed by atoms with van der Waals surface area (Å²) in [5.74, 6) is -0.550. The zero-order valence-corrected chi connectivity index (χ0v) is 11.3. The third-order valence-electron chi connectivity index (χ3n) is 3.04. The van der Waals surface area contributed by atoms with Crippen molar-refractivity contribution in [3.8, 4) is 0 Å². The zero-order chi connectivity index (χ0) is 14.7. The highest BCUT2D eigenvalue weighted by Crippen LogP contribution is 2.17. The van der Waals surface area contributed by atoms with Crippen molar-refractivity contribution in [2.45, 2.75) is 0 Å². The topological polar surface area (TPSA) is 79.0 Å². The third-order valence-corrected chi connectivity index (χ3v) is 3.04. The van der Waals surface area contributed by atoms with Crippen LogP contribution < -0.4 is 5.32 Å². The van der Waals surface area contributed by atoms with Crippen molar-refractivity contribution >= 4 is 23.7 Å². The number of para-hydroxylation sites is 1. The number of hydrogen-bond acceptors (Lipinski definition) is 4. The molecule has 106 valence electrons. The Morgan fingerprint density at radius 2 is 1.95 bits per heavy atom. The van der Waals surface area contributed by atoms with E-state index in [9.17, 15) is 14.4 Å². The number of nitrogens with one attached hydrogen (secondary N) is 1. The van der Waals surface area contributed by atoms with Crippen molar-refractivity contribution in [1.29, 1.82) is 0 Å². The van der Waals surface area contributed by atoms with Gasteiger partial charge in [0.15, 0.2) is 0 Å². The van der Waals surface area contributed by atoms with Crippen LogP contribution in [-0.2, 0) is 4.74 Å². The van der Waals surface area contributed by atoms with Crippen LogP contribution >= 0.6 is 0 Å². The number of urea groups is 2. The van der Waals surface area contributed by atoms with Gasteiger partial charge in [-0.15, -0.1) is 0 Å². The highest BCUT2D eigenvalue weighted by molar-refractivity contribution is 6.05. The van der Waals surface area contributed by atoms with E-state index in [1.165, 1.54) is 12.0 Å². The fourth-order valence-corrected chi connectivity index (χ4v) is 1.90. The first-order chi connectivity index (χ1) is 9.54. The molecule has 1 N–H and O–H groups in total. The molecule has 0 saturated carbocycles. The summed E-state index contributed by atoms with van der Waals surface area (Å²) >= 11 is 0. The molecule has 1 saturated heterocycles. The summed E-state index contributed by atoms with van der Waals surface area (Å²) in [7, 11) is 2.89. The number of benzene rings is 1. The lowest BCUT2D eigenvalue weighted by Gasteiger charge is -2.16. The Labute approximate surface area is 116 Å². The number of hydrogen-bond donors (Lipinski definition) is 1. The summed E-state index contributed by atoms with van der Waals surface area (Å²) in [6.07, 6.45) is 0. The lowest BCUT2D eigenvalue weighted by atomic mass is 10.2. The second-order valence-corrected chi connectivity index (χ2v) is 4.32. The van der Waals surface area contributed by atoms with E-state index in [1.807, 2.05) is 0 Å². The van der Waals surface area contributed by atoms with Gasteiger partial charge in [-0.3, -0.25) is 0 Å². The highest BCUT2D eigenvalue weighted by Gasteiger charge is 2.31. The van der Waals surface area contributed by atoms with Gasteiger partial charge in [-0.1, -0.05) is 12.1 Å². The number of ether oxygens (including phenoxy) is 1. The van der Waals surface area contributed by atoms with Gasteiger partial charge >= 0.3 is 18.0 Å². The Balaban J connectivity index is 2.16. The van der Waals surface area contributed by atoms with Crippen LogP contribution in [0.1, 0.15) is 10.4 Å². The molecule has 1 fully saturated rings. The molecule has 0 spiro atoms. The standard InChI is InChI=1S/C13H15N3O4/c1-15-7-8-16(13(15)19)12(18)14-10-6-4-3-5-9(10)11(17)20-2/h3-6H,7-8H2,1-2H3,(H,14,18). The van der Waals surface area contributed by atoms with Crippen molar-refractivity contribution in [1.82, 2.24) is 9.80 Å².